The van der Waals surface area contributed by atoms with Crippen LogP contribution in [0, 0.1) is 0 Å². The van der Waals surface area contributed by atoms with E-state index in [2.05, 4.69) is 88.4 Å². The first-order valence-electron chi connectivity index (χ1n) is 13.3. The maximum atomic E-state index is 6.60. The van der Waals surface area contributed by atoms with E-state index in [4.69, 9.17) is 20.4 Å². The molecule has 0 unspecified atom stereocenters. The van der Waals surface area contributed by atoms with Crippen LogP contribution < -0.4 is 10.6 Å². The Labute approximate surface area is 217 Å². The molecule has 0 spiro atoms. The van der Waals surface area contributed by atoms with Crippen LogP contribution >= 0.6 is 0 Å². The molecule has 1 saturated heterocycles. The summed E-state index contributed by atoms with van der Waals surface area (Å²) < 4.78 is 7.73. The van der Waals surface area contributed by atoms with Gasteiger partial charge in [0.25, 0.3) is 0 Å². The van der Waals surface area contributed by atoms with Gasteiger partial charge in [-0.25, -0.2) is 9.97 Å². The number of morpholine rings is 1. The van der Waals surface area contributed by atoms with E-state index in [-0.39, 0.29) is 5.54 Å². The average molecular weight is 490 g/mol. The molecule has 37 heavy (non-hydrogen) atoms. The highest BCUT2D eigenvalue weighted by atomic mass is 16.5. The van der Waals surface area contributed by atoms with Crippen molar-refractivity contribution in [3.05, 3.63) is 90.3 Å². The van der Waals surface area contributed by atoms with Gasteiger partial charge < -0.3 is 15.4 Å². The fourth-order valence-corrected chi connectivity index (χ4v) is 5.65. The van der Waals surface area contributed by atoms with Crippen molar-refractivity contribution in [2.24, 2.45) is 5.73 Å². The number of fused-ring (bicyclic) bond motifs is 1. The number of imidazole rings is 1. The molecule has 6 heteroatoms. The molecule has 2 aromatic carbocycles. The third-order valence-electron chi connectivity index (χ3n) is 8.00. The number of nitrogens with zero attached hydrogens (tertiary/aromatic N) is 4. The first-order valence-corrected chi connectivity index (χ1v) is 13.3. The van der Waals surface area contributed by atoms with Gasteiger partial charge in [-0.15, -0.1) is 0 Å². The minimum atomic E-state index is -0.175. The molecule has 1 aliphatic heterocycles. The average Bonchev–Trinajstić information content (AvgIpc) is 3.60. The van der Waals surface area contributed by atoms with Crippen LogP contribution in [0.15, 0.2) is 78.9 Å². The molecule has 1 saturated carbocycles. The van der Waals surface area contributed by atoms with Crippen molar-refractivity contribution >= 4 is 22.4 Å². The molecule has 186 valence electrons. The summed E-state index contributed by atoms with van der Waals surface area (Å²) in [5.41, 5.74) is 14.8. The molecule has 6 nitrogen and oxygen atoms in total. The Bertz CT molecular complexity index is 1520. The molecule has 2 fully saturated rings. The molecule has 0 amide bonds. The largest absolute Gasteiger partial charge is 0.378 e. The number of anilines is 1. The van der Waals surface area contributed by atoms with Crippen LogP contribution in [-0.2, 0) is 10.3 Å². The SMILES string of the molecule is NC1(c2ccc(-n3c(C4=CCC=C4)nc4ccc(-c5cccc(N6CCOCC6)c5)nc43)cc2)CCC1. The van der Waals surface area contributed by atoms with E-state index in [1.165, 1.54) is 17.7 Å². The molecule has 0 radical (unpaired) electrons. The lowest BCUT2D eigenvalue weighted by molar-refractivity contribution is 0.122. The molecule has 2 aromatic heterocycles. The summed E-state index contributed by atoms with van der Waals surface area (Å²) in [7, 11) is 0. The lowest BCUT2D eigenvalue weighted by Crippen LogP contribution is -2.43. The van der Waals surface area contributed by atoms with E-state index in [1.54, 1.807) is 0 Å². The second-order valence-electron chi connectivity index (χ2n) is 10.3. The zero-order valence-electron chi connectivity index (χ0n) is 20.9. The maximum absolute atomic E-state index is 6.60. The van der Waals surface area contributed by atoms with Crippen molar-refractivity contribution in [3.8, 4) is 16.9 Å². The van der Waals surface area contributed by atoms with Gasteiger partial charge in [0.05, 0.1) is 18.9 Å². The first-order chi connectivity index (χ1) is 18.2. The van der Waals surface area contributed by atoms with Gasteiger partial charge in [0.15, 0.2) is 5.65 Å². The summed E-state index contributed by atoms with van der Waals surface area (Å²) in [6.45, 7) is 3.36. The zero-order chi connectivity index (χ0) is 24.8. The first kappa shape index (κ1) is 22.5. The Hall–Kier alpha value is -3.74. The van der Waals surface area contributed by atoms with E-state index in [1.807, 2.05) is 0 Å². The second kappa shape index (κ2) is 8.98. The molecule has 7 rings (SSSR count). The molecule has 4 aromatic rings. The standard InChI is InChI=1S/C31H31N5O/c32-31(15-4-16-31)24-9-11-25(12-10-24)36-29(22-5-1-2-6-22)34-28-14-13-27(33-30(28)36)23-7-3-8-26(21-23)35-17-19-37-20-18-35/h1,3,5-14,21H,2,4,15-20,32H2. The monoisotopic (exact) mass is 489 g/mol. The van der Waals surface area contributed by atoms with Crippen molar-refractivity contribution in [1.82, 2.24) is 14.5 Å². The zero-order valence-corrected chi connectivity index (χ0v) is 20.9. The number of allylic oxidation sites excluding steroid dienone is 4. The van der Waals surface area contributed by atoms with Crippen molar-refractivity contribution in [2.75, 3.05) is 31.2 Å². The molecular weight excluding hydrogens is 458 g/mol. The quantitative estimate of drug-likeness (QED) is 0.395. The minimum Gasteiger partial charge on any atom is -0.378 e. The van der Waals surface area contributed by atoms with E-state index in [0.29, 0.717) is 0 Å². The molecule has 0 bridgehead atoms. The number of nitrogens with two attached hydrogens (primary N) is 1. The molecule has 0 atom stereocenters. The van der Waals surface area contributed by atoms with Gasteiger partial charge in [-0.2, -0.15) is 0 Å². The fraction of sp³-hybridized carbons (Fsp3) is 0.290. The lowest BCUT2D eigenvalue weighted by atomic mass is 9.73. The smallest absolute Gasteiger partial charge is 0.165 e. The van der Waals surface area contributed by atoms with Crippen LogP contribution in [-0.4, -0.2) is 40.8 Å². The van der Waals surface area contributed by atoms with Crippen LogP contribution in [0.3, 0.4) is 0 Å². The van der Waals surface area contributed by atoms with Crippen LogP contribution in [0.1, 0.15) is 37.1 Å². The Morgan fingerprint density at radius 2 is 1.73 bits per heavy atom. The summed E-state index contributed by atoms with van der Waals surface area (Å²) >= 11 is 0. The number of pyridine rings is 1. The summed E-state index contributed by atoms with van der Waals surface area (Å²) in [6.07, 6.45) is 10.8. The van der Waals surface area contributed by atoms with Gasteiger partial charge in [0.2, 0.25) is 0 Å². The number of benzene rings is 2. The molecule has 3 aliphatic rings. The van der Waals surface area contributed by atoms with Gasteiger partial charge in [-0.05, 0) is 67.6 Å². The minimum absolute atomic E-state index is 0.175. The van der Waals surface area contributed by atoms with Crippen molar-refractivity contribution < 1.29 is 4.74 Å². The lowest BCUT2D eigenvalue weighted by Gasteiger charge is -2.38. The fourth-order valence-electron chi connectivity index (χ4n) is 5.65. The molecular formula is C31H31N5O. The van der Waals surface area contributed by atoms with Gasteiger partial charge in [-0.3, -0.25) is 4.57 Å². The second-order valence-corrected chi connectivity index (χ2v) is 10.3. The van der Waals surface area contributed by atoms with E-state index >= 15 is 0 Å². The Morgan fingerprint density at radius 1 is 0.892 bits per heavy atom. The Balaban J connectivity index is 1.33. The van der Waals surface area contributed by atoms with Gasteiger partial charge >= 0.3 is 0 Å². The number of hydrogen-bond donors (Lipinski definition) is 1. The van der Waals surface area contributed by atoms with Gasteiger partial charge in [-0.1, -0.05) is 42.5 Å². The Kier molecular flexibility index (Phi) is 5.45. The predicted octanol–water partition coefficient (Wildman–Crippen LogP) is 5.61. The number of rotatable bonds is 5. The normalized spacial score (nSPS) is 18.7. The van der Waals surface area contributed by atoms with E-state index in [0.717, 1.165) is 85.1 Å². The van der Waals surface area contributed by atoms with Gasteiger partial charge in [0, 0.05) is 41.1 Å². The van der Waals surface area contributed by atoms with Crippen molar-refractivity contribution in [1.29, 1.82) is 0 Å². The van der Waals surface area contributed by atoms with Crippen molar-refractivity contribution in [2.45, 2.75) is 31.2 Å². The van der Waals surface area contributed by atoms with Crippen LogP contribution in [0.4, 0.5) is 5.69 Å². The van der Waals surface area contributed by atoms with E-state index in [9.17, 15) is 0 Å². The number of ether oxygens (including phenoxy) is 1. The van der Waals surface area contributed by atoms with Crippen LogP contribution in [0.25, 0.3) is 33.7 Å². The predicted molar refractivity (Wildman–Crippen MR) is 149 cm³/mol. The number of aromatic nitrogens is 3. The molecule has 2 N–H and O–H groups in total. The highest BCUT2D eigenvalue weighted by molar-refractivity contribution is 5.84. The topological polar surface area (TPSA) is 69.2 Å². The summed E-state index contributed by atoms with van der Waals surface area (Å²) in [6, 6.07) is 21.5. The van der Waals surface area contributed by atoms with Gasteiger partial charge in [0.1, 0.15) is 11.3 Å². The number of hydrogen-bond acceptors (Lipinski definition) is 5. The van der Waals surface area contributed by atoms with E-state index < -0.39 is 0 Å². The third-order valence-corrected chi connectivity index (χ3v) is 8.00. The summed E-state index contributed by atoms with van der Waals surface area (Å²) in [4.78, 5) is 12.6. The maximum Gasteiger partial charge on any atom is 0.165 e. The highest BCUT2D eigenvalue weighted by Gasteiger charge is 2.34. The summed E-state index contributed by atoms with van der Waals surface area (Å²) in [5.74, 6) is 0.925. The molecule has 2 aliphatic carbocycles. The molecule has 3 heterocycles. The summed E-state index contributed by atoms with van der Waals surface area (Å²) in [5, 5.41) is 0. The third kappa shape index (κ3) is 3.97. The Morgan fingerprint density at radius 3 is 2.46 bits per heavy atom. The van der Waals surface area contributed by atoms with Crippen LogP contribution in [0.5, 0.6) is 0 Å². The highest BCUT2D eigenvalue weighted by Crippen LogP contribution is 2.39. The van der Waals surface area contributed by atoms with Crippen molar-refractivity contribution in [3.63, 3.8) is 0 Å². The van der Waals surface area contributed by atoms with Crippen LogP contribution in [0.2, 0.25) is 0 Å².